The van der Waals surface area contributed by atoms with Crippen molar-refractivity contribution in [3.63, 3.8) is 0 Å². The molecule has 3 aromatic rings. The van der Waals surface area contributed by atoms with E-state index >= 15 is 0 Å². The van der Waals surface area contributed by atoms with Crippen LogP contribution in [0.25, 0.3) is 11.1 Å². The molecule has 0 radical (unpaired) electrons. The molecule has 0 spiro atoms. The first-order valence-corrected chi connectivity index (χ1v) is 12.8. The van der Waals surface area contributed by atoms with E-state index in [1.54, 1.807) is 6.07 Å². The molecule has 38 heavy (non-hydrogen) atoms. The number of ether oxygens (including phenoxy) is 2. The van der Waals surface area contributed by atoms with Gasteiger partial charge in [0.15, 0.2) is 34.8 Å². The fourth-order valence-corrected chi connectivity index (χ4v) is 4.75. The summed E-state index contributed by atoms with van der Waals surface area (Å²) in [7, 11) is 0. The Kier molecular flexibility index (Phi) is 8.69. The summed E-state index contributed by atoms with van der Waals surface area (Å²) in [6.45, 7) is 3.70. The average molecular weight is 533 g/mol. The summed E-state index contributed by atoms with van der Waals surface area (Å²) >= 11 is 0. The van der Waals surface area contributed by atoms with Crippen LogP contribution in [-0.2, 0) is 4.79 Å². The summed E-state index contributed by atoms with van der Waals surface area (Å²) in [4.78, 5) is 12.7. The summed E-state index contributed by atoms with van der Waals surface area (Å²) in [5, 5.41) is 0. The van der Waals surface area contributed by atoms with E-state index in [2.05, 4.69) is 0 Å². The molecule has 3 aromatic carbocycles. The maximum atomic E-state index is 14.8. The minimum Gasteiger partial charge on any atom is -0.490 e. The third-order valence-corrected chi connectivity index (χ3v) is 7.06. The van der Waals surface area contributed by atoms with E-state index < -0.39 is 41.0 Å². The number of benzene rings is 3. The van der Waals surface area contributed by atoms with Gasteiger partial charge in [-0.25, -0.2) is 17.6 Å². The van der Waals surface area contributed by atoms with Crippen molar-refractivity contribution in [2.45, 2.75) is 58.3 Å². The molecule has 0 amide bonds. The summed E-state index contributed by atoms with van der Waals surface area (Å²) < 4.78 is 82.7. The molecule has 0 N–H and O–H groups in total. The highest BCUT2D eigenvalue weighted by Crippen LogP contribution is 2.39. The van der Waals surface area contributed by atoms with E-state index in [0.717, 1.165) is 12.5 Å². The summed E-state index contributed by atoms with van der Waals surface area (Å²) in [6, 6.07) is 9.23. The minimum atomic E-state index is -1.16. The van der Waals surface area contributed by atoms with E-state index in [9.17, 15) is 26.7 Å². The first-order chi connectivity index (χ1) is 18.2. The predicted octanol–water partition coefficient (Wildman–Crippen LogP) is 8.42. The van der Waals surface area contributed by atoms with Crippen LogP contribution in [-0.4, -0.2) is 12.6 Å². The van der Waals surface area contributed by atoms with Crippen molar-refractivity contribution in [2.24, 2.45) is 5.92 Å². The molecule has 0 atom stereocenters. The van der Waals surface area contributed by atoms with E-state index in [1.807, 2.05) is 6.92 Å². The van der Waals surface area contributed by atoms with Crippen LogP contribution in [0.15, 0.2) is 42.5 Å². The molecule has 3 nitrogen and oxygen atoms in total. The van der Waals surface area contributed by atoms with E-state index in [4.69, 9.17) is 9.47 Å². The summed E-state index contributed by atoms with van der Waals surface area (Å²) in [6.07, 6.45) is 3.23. The Morgan fingerprint density at radius 3 is 2.24 bits per heavy atom. The van der Waals surface area contributed by atoms with Crippen LogP contribution in [0.3, 0.4) is 0 Å². The second-order valence-corrected chi connectivity index (χ2v) is 9.66. The zero-order chi connectivity index (χ0) is 27.4. The molecular formula is C30H29F5O3. The highest BCUT2D eigenvalue weighted by Gasteiger charge is 2.31. The Morgan fingerprint density at radius 1 is 0.842 bits per heavy atom. The molecule has 0 aromatic heterocycles. The first kappa shape index (κ1) is 27.6. The van der Waals surface area contributed by atoms with Crippen LogP contribution in [0, 0.1) is 41.9 Å². The van der Waals surface area contributed by atoms with Gasteiger partial charge in [-0.15, -0.1) is 0 Å². The Bertz CT molecular complexity index is 1320. The molecule has 1 aliphatic carbocycles. The molecule has 0 saturated heterocycles. The Balaban J connectivity index is 1.40. The Labute approximate surface area is 218 Å². The van der Waals surface area contributed by atoms with Crippen molar-refractivity contribution >= 4 is 5.97 Å². The van der Waals surface area contributed by atoms with Gasteiger partial charge < -0.3 is 9.47 Å². The standard InChI is InChI=1S/C30H29F5O3/c1-3-4-15-37-25-14-12-22(28(34)29(25)35)20-10-13-24(23(31)16-20)38-30(36)19-8-6-18(7-9-19)21-11-5-17(2)26(32)27(21)33/h5,10-14,16,18-19H,3-4,6-9,15H2,1-2H3. The second kappa shape index (κ2) is 12.0. The largest absolute Gasteiger partial charge is 0.490 e. The lowest BCUT2D eigenvalue weighted by atomic mass is 9.78. The topological polar surface area (TPSA) is 35.5 Å². The average Bonchev–Trinajstić information content (AvgIpc) is 2.91. The monoisotopic (exact) mass is 532 g/mol. The minimum absolute atomic E-state index is 0.0756. The van der Waals surface area contributed by atoms with E-state index in [1.165, 1.54) is 37.3 Å². The summed E-state index contributed by atoms with van der Waals surface area (Å²) in [5.41, 5.74) is 0.454. The van der Waals surface area contributed by atoms with Crippen molar-refractivity contribution in [1.82, 2.24) is 0 Å². The second-order valence-electron chi connectivity index (χ2n) is 9.66. The Hall–Kier alpha value is -3.42. The number of rotatable bonds is 8. The van der Waals surface area contributed by atoms with Crippen LogP contribution in [0.2, 0.25) is 0 Å². The van der Waals surface area contributed by atoms with Crippen molar-refractivity contribution in [3.8, 4) is 22.6 Å². The zero-order valence-electron chi connectivity index (χ0n) is 21.3. The molecule has 8 heteroatoms. The molecule has 1 aliphatic rings. The van der Waals surface area contributed by atoms with Gasteiger partial charge in [0.1, 0.15) is 0 Å². The highest BCUT2D eigenvalue weighted by molar-refractivity contribution is 5.76. The Morgan fingerprint density at radius 2 is 1.55 bits per heavy atom. The molecule has 202 valence electrons. The van der Waals surface area contributed by atoms with Gasteiger partial charge in [-0.3, -0.25) is 4.79 Å². The highest BCUT2D eigenvalue weighted by atomic mass is 19.2. The van der Waals surface area contributed by atoms with Gasteiger partial charge in [-0.1, -0.05) is 31.5 Å². The number of carbonyl (C=O) groups excluding carboxylic acids is 1. The normalized spacial score (nSPS) is 17.3. The van der Waals surface area contributed by atoms with Gasteiger partial charge in [-0.2, -0.15) is 4.39 Å². The third-order valence-electron chi connectivity index (χ3n) is 7.06. The SMILES string of the molecule is CCCCOc1ccc(-c2ccc(OC(=O)C3CCC(c4ccc(C)c(F)c4F)CC3)c(F)c2)c(F)c1F. The van der Waals surface area contributed by atoms with Crippen LogP contribution in [0.5, 0.6) is 11.5 Å². The molecule has 0 unspecified atom stereocenters. The molecule has 4 rings (SSSR count). The number of unbranched alkanes of at least 4 members (excludes halogenated alkanes) is 1. The van der Waals surface area contributed by atoms with Crippen molar-refractivity contribution in [3.05, 3.63) is 82.7 Å². The van der Waals surface area contributed by atoms with E-state index in [0.29, 0.717) is 37.7 Å². The maximum absolute atomic E-state index is 14.8. The third kappa shape index (κ3) is 5.84. The lowest BCUT2D eigenvalue weighted by Gasteiger charge is -2.28. The van der Waals surface area contributed by atoms with Gasteiger partial charge in [0.05, 0.1) is 12.5 Å². The van der Waals surface area contributed by atoms with Crippen LogP contribution in [0.4, 0.5) is 22.0 Å². The van der Waals surface area contributed by atoms with Crippen molar-refractivity contribution < 1.29 is 36.2 Å². The van der Waals surface area contributed by atoms with Gasteiger partial charge in [-0.05, 0) is 85.9 Å². The van der Waals surface area contributed by atoms with Crippen LogP contribution >= 0.6 is 0 Å². The number of aryl methyl sites for hydroxylation is 1. The number of carbonyl (C=O) groups is 1. The van der Waals surface area contributed by atoms with Crippen molar-refractivity contribution in [1.29, 1.82) is 0 Å². The molecule has 0 heterocycles. The van der Waals surface area contributed by atoms with E-state index in [-0.39, 0.29) is 40.7 Å². The molecule has 0 bridgehead atoms. The van der Waals surface area contributed by atoms with Gasteiger partial charge in [0.25, 0.3) is 0 Å². The fraction of sp³-hybridized carbons (Fsp3) is 0.367. The number of halogens is 5. The lowest BCUT2D eigenvalue weighted by molar-refractivity contribution is -0.140. The number of hydrogen-bond acceptors (Lipinski definition) is 3. The predicted molar refractivity (Wildman–Crippen MR) is 134 cm³/mol. The number of hydrogen-bond donors (Lipinski definition) is 0. The zero-order valence-corrected chi connectivity index (χ0v) is 21.3. The van der Waals surface area contributed by atoms with Gasteiger partial charge in [0, 0.05) is 5.56 Å². The number of esters is 1. The lowest BCUT2D eigenvalue weighted by Crippen LogP contribution is -2.25. The first-order valence-electron chi connectivity index (χ1n) is 12.8. The summed E-state index contributed by atoms with van der Waals surface area (Å²) in [5.74, 6) is -6.83. The fourth-order valence-electron chi connectivity index (χ4n) is 4.75. The molecule has 1 fully saturated rings. The quantitative estimate of drug-likeness (QED) is 0.126. The van der Waals surface area contributed by atoms with Gasteiger partial charge in [0.2, 0.25) is 5.82 Å². The molecular weight excluding hydrogens is 503 g/mol. The van der Waals surface area contributed by atoms with Gasteiger partial charge >= 0.3 is 5.97 Å². The van der Waals surface area contributed by atoms with Crippen molar-refractivity contribution in [2.75, 3.05) is 6.61 Å². The smallest absolute Gasteiger partial charge is 0.314 e. The molecule has 0 aliphatic heterocycles. The van der Waals surface area contributed by atoms with Crippen LogP contribution in [0.1, 0.15) is 62.5 Å². The molecule has 1 saturated carbocycles. The van der Waals surface area contributed by atoms with Crippen LogP contribution < -0.4 is 9.47 Å². The maximum Gasteiger partial charge on any atom is 0.314 e.